The quantitative estimate of drug-likeness (QED) is 0.189. The Morgan fingerprint density at radius 1 is 0.862 bits per heavy atom. The van der Waals surface area contributed by atoms with Crippen LogP contribution in [0.2, 0.25) is 0 Å². The number of fused-ring (bicyclic) bond motifs is 7. The molecule has 6 aliphatic rings. The molecule has 1 aromatic heterocycles. The molecule has 0 aliphatic heterocycles. The van der Waals surface area contributed by atoms with Crippen molar-refractivity contribution < 1.29 is 24.2 Å². The van der Waals surface area contributed by atoms with Gasteiger partial charge in [-0.1, -0.05) is 105 Å². The van der Waals surface area contributed by atoms with Gasteiger partial charge in [0.15, 0.2) is 0 Å². The zero-order chi connectivity index (χ0) is 42.4. The Hall–Kier alpha value is -3.42. The van der Waals surface area contributed by atoms with Crippen molar-refractivity contribution in [1.82, 2.24) is 15.3 Å². The molecule has 8 heteroatoms. The van der Waals surface area contributed by atoms with Gasteiger partial charge in [0.2, 0.25) is 5.91 Å². The summed E-state index contributed by atoms with van der Waals surface area (Å²) in [5.74, 6) is 2.45. The van der Waals surface area contributed by atoms with Crippen LogP contribution in [0.3, 0.4) is 0 Å². The van der Waals surface area contributed by atoms with E-state index in [-0.39, 0.29) is 46.1 Å². The van der Waals surface area contributed by atoms with E-state index in [0.717, 1.165) is 55.6 Å². The Bertz CT molecular complexity index is 1690. The summed E-state index contributed by atoms with van der Waals surface area (Å²) in [5, 5.41) is 12.8. The van der Waals surface area contributed by atoms with Gasteiger partial charge >= 0.3 is 11.9 Å². The van der Waals surface area contributed by atoms with Crippen molar-refractivity contribution >= 4 is 17.8 Å². The number of carbonyl (C=O) groups is 3. The minimum absolute atomic E-state index is 0.0708. The van der Waals surface area contributed by atoms with E-state index < -0.39 is 11.9 Å². The number of hydrogen-bond donors (Lipinski definition) is 3. The second-order valence-corrected chi connectivity index (χ2v) is 19.2. The van der Waals surface area contributed by atoms with Gasteiger partial charge in [-0.25, -0.2) is 4.98 Å². The van der Waals surface area contributed by atoms with Crippen LogP contribution in [0.25, 0.3) is 11.3 Å². The lowest BCUT2D eigenvalue weighted by molar-refractivity contribution is -0.199. The first kappa shape index (κ1) is 45.7. The van der Waals surface area contributed by atoms with Crippen molar-refractivity contribution in [3.05, 3.63) is 55.0 Å². The Morgan fingerprint density at radius 2 is 1.45 bits per heavy atom. The molecule has 1 aromatic carbocycles. The molecule has 0 radical (unpaired) electrons. The monoisotopic (exact) mass is 800 g/mol. The van der Waals surface area contributed by atoms with E-state index in [4.69, 9.17) is 4.74 Å². The maximum atomic E-state index is 14.2. The number of carbonyl (C=O) groups excluding carboxylic acids is 2. The average molecular weight is 800 g/mol. The lowest BCUT2D eigenvalue weighted by atomic mass is 9.38. The third-order valence-electron chi connectivity index (χ3n) is 16.3. The SMILES string of the molecule is C=CC.CC.CC1C(C(=O)O)CC1C(=O)OC1CCC2(C)C(CCC3C2CCC2C4CCCC4(C(=O)NCc4ncc(-c5ccccc5)[nH]4)CC[C@]23C)C1C.CCC. The number of hydrogen-bond acceptors (Lipinski definition) is 5. The molecule has 3 N–H and O–H groups in total. The number of aromatic nitrogens is 2. The number of allylic oxidation sites excluding steroid dienone is 1. The number of carboxylic acid groups (broad SMARTS) is 1. The molecule has 0 spiro atoms. The van der Waals surface area contributed by atoms with E-state index in [2.05, 4.69) is 68.6 Å². The second-order valence-electron chi connectivity index (χ2n) is 19.2. The highest BCUT2D eigenvalue weighted by Crippen LogP contribution is 2.71. The molecule has 1 heterocycles. The number of ether oxygens (including phenoxy) is 1. The number of amides is 1. The highest BCUT2D eigenvalue weighted by Gasteiger charge is 2.66. The Morgan fingerprint density at radius 3 is 2.05 bits per heavy atom. The number of nitrogens with zero attached hydrogens (tertiary/aromatic N) is 1. The van der Waals surface area contributed by atoms with Crippen LogP contribution in [0.5, 0.6) is 0 Å². The summed E-state index contributed by atoms with van der Waals surface area (Å²) in [4.78, 5) is 46.8. The number of nitrogens with one attached hydrogen (secondary N) is 2. The highest BCUT2D eigenvalue weighted by molar-refractivity contribution is 5.83. The van der Waals surface area contributed by atoms with Crippen LogP contribution in [0.4, 0.5) is 0 Å². The van der Waals surface area contributed by atoms with Gasteiger partial charge in [-0.15, -0.1) is 6.58 Å². The zero-order valence-corrected chi connectivity index (χ0v) is 37.4. The molecule has 8 nitrogen and oxygen atoms in total. The predicted molar refractivity (Wildman–Crippen MR) is 233 cm³/mol. The number of aliphatic carboxylic acids is 1. The third-order valence-corrected chi connectivity index (χ3v) is 16.3. The number of aromatic amines is 1. The third kappa shape index (κ3) is 8.46. The first-order valence-electron chi connectivity index (χ1n) is 23.2. The standard InChI is InChI=1S/C42H57N3O5.C3H8.C3H6.C2H6/c1-24-27(37(46)47)21-28(24)38(48)50-35-16-18-40(3)29(25(35)2)12-13-31-30(40)14-15-32-33-11-8-17-42(33,20-19-41(31,32)4)39(49)44-23-36-43-22-34(45-36)26-9-6-5-7-10-26;2*1-3-2;1-2/h5-7,9-10,22,24-25,27-33,35H,8,11-21,23H2,1-4H3,(H,43,45)(H,44,49)(H,46,47);3H2,1-2H3;3H,1H2,2H3;1-2H3/t24?,25?,27?,28?,29?,30?,31?,32?,33?,35?,40?,41-,42?;;;/m0.../s1. The van der Waals surface area contributed by atoms with Gasteiger partial charge in [0.1, 0.15) is 11.9 Å². The van der Waals surface area contributed by atoms with Gasteiger partial charge in [0.05, 0.1) is 35.7 Å². The summed E-state index contributed by atoms with van der Waals surface area (Å²) in [5.41, 5.74) is 2.31. The Kier molecular flexibility index (Phi) is 15.2. The van der Waals surface area contributed by atoms with Crippen molar-refractivity contribution in [2.24, 2.45) is 69.5 Å². The molecule has 13 atom stereocenters. The fourth-order valence-corrected chi connectivity index (χ4v) is 13.4. The maximum Gasteiger partial charge on any atom is 0.309 e. The van der Waals surface area contributed by atoms with Gasteiger partial charge in [0.25, 0.3) is 0 Å². The molecular formula is C50H77N3O5. The minimum Gasteiger partial charge on any atom is -0.481 e. The highest BCUT2D eigenvalue weighted by atomic mass is 16.5. The summed E-state index contributed by atoms with van der Waals surface area (Å²) in [6, 6.07) is 10.2. The van der Waals surface area contributed by atoms with Crippen LogP contribution in [0, 0.1) is 69.5 Å². The van der Waals surface area contributed by atoms with E-state index in [0.29, 0.717) is 48.5 Å². The molecule has 6 saturated carbocycles. The molecule has 58 heavy (non-hydrogen) atoms. The van der Waals surface area contributed by atoms with E-state index in [9.17, 15) is 19.5 Å². The average Bonchev–Trinajstić information content (AvgIpc) is 3.88. The molecule has 2 aromatic rings. The van der Waals surface area contributed by atoms with Crippen LogP contribution >= 0.6 is 0 Å². The van der Waals surface area contributed by atoms with Crippen molar-refractivity contribution in [3.8, 4) is 11.3 Å². The van der Waals surface area contributed by atoms with Crippen LogP contribution in [-0.4, -0.2) is 39.0 Å². The van der Waals surface area contributed by atoms with E-state index in [1.54, 1.807) is 6.08 Å². The number of H-pyrrole nitrogens is 1. The Labute approximate surface area is 350 Å². The van der Waals surface area contributed by atoms with Gasteiger partial charge in [0, 0.05) is 0 Å². The lowest BCUT2D eigenvalue weighted by Gasteiger charge is -2.67. The molecule has 12 unspecified atom stereocenters. The molecule has 6 aliphatic carbocycles. The van der Waals surface area contributed by atoms with Gasteiger partial charge < -0.3 is 20.1 Å². The normalized spacial score (nSPS) is 37.9. The van der Waals surface area contributed by atoms with Crippen molar-refractivity contribution in [2.75, 3.05) is 0 Å². The summed E-state index contributed by atoms with van der Waals surface area (Å²) < 4.78 is 6.22. The van der Waals surface area contributed by atoms with E-state index >= 15 is 0 Å². The number of esters is 1. The fourth-order valence-electron chi connectivity index (χ4n) is 13.4. The largest absolute Gasteiger partial charge is 0.481 e. The molecule has 1 amide bonds. The first-order chi connectivity index (χ1) is 27.8. The summed E-state index contributed by atoms with van der Waals surface area (Å²) in [7, 11) is 0. The van der Waals surface area contributed by atoms with Crippen molar-refractivity contribution in [2.45, 2.75) is 158 Å². The molecule has 8 rings (SSSR count). The molecule has 322 valence electrons. The summed E-state index contributed by atoms with van der Waals surface area (Å²) >= 11 is 0. The molecular weight excluding hydrogens is 723 g/mol. The fraction of sp³-hybridized carbons (Fsp3) is 0.720. The van der Waals surface area contributed by atoms with Gasteiger partial charge in [-0.05, 0) is 135 Å². The lowest BCUT2D eigenvalue weighted by Crippen LogP contribution is -2.62. The summed E-state index contributed by atoms with van der Waals surface area (Å²) in [6.07, 6.45) is 17.5. The maximum absolute atomic E-state index is 14.2. The van der Waals surface area contributed by atoms with Crippen LogP contribution in [0.1, 0.15) is 152 Å². The van der Waals surface area contributed by atoms with Crippen LogP contribution < -0.4 is 5.32 Å². The topological polar surface area (TPSA) is 121 Å². The number of rotatable bonds is 7. The van der Waals surface area contributed by atoms with Gasteiger partial charge in [-0.2, -0.15) is 0 Å². The Balaban J connectivity index is 0.000000746. The molecule has 0 bridgehead atoms. The first-order valence-corrected chi connectivity index (χ1v) is 23.2. The second kappa shape index (κ2) is 19.3. The zero-order valence-electron chi connectivity index (χ0n) is 37.4. The van der Waals surface area contributed by atoms with Crippen molar-refractivity contribution in [1.29, 1.82) is 0 Å². The molecule has 0 saturated heterocycles. The van der Waals surface area contributed by atoms with E-state index in [1.807, 2.05) is 52.1 Å². The van der Waals surface area contributed by atoms with Crippen LogP contribution in [0.15, 0.2) is 49.2 Å². The minimum atomic E-state index is -0.800. The summed E-state index contributed by atoms with van der Waals surface area (Å²) in [6.45, 7) is 23.3. The smallest absolute Gasteiger partial charge is 0.309 e. The number of benzene rings is 1. The van der Waals surface area contributed by atoms with E-state index in [1.165, 1.54) is 38.5 Å². The molecule has 6 fully saturated rings. The van der Waals surface area contributed by atoms with Crippen LogP contribution in [-0.2, 0) is 25.7 Å². The predicted octanol–water partition coefficient (Wildman–Crippen LogP) is 11.7. The number of carboxylic acids is 1. The van der Waals surface area contributed by atoms with Crippen molar-refractivity contribution in [3.63, 3.8) is 0 Å². The number of imidazole rings is 1. The van der Waals surface area contributed by atoms with Gasteiger partial charge in [-0.3, -0.25) is 14.4 Å².